The largest absolute Gasteiger partial charge is 0.375 e. The molecule has 15 heteroatoms. The number of sulfone groups is 1. The number of hydrogen-bond donors (Lipinski definition) is 1. The van der Waals surface area contributed by atoms with Crippen LogP contribution in [0.5, 0.6) is 5.88 Å². The summed E-state index contributed by atoms with van der Waals surface area (Å²) in [5.74, 6) is 0.166. The Bertz CT molecular complexity index is 1470. The first-order valence-corrected chi connectivity index (χ1v) is 13.5. The molecule has 1 aliphatic heterocycles. The summed E-state index contributed by atoms with van der Waals surface area (Å²) in [6, 6.07) is 3.28. The molecule has 0 amide bonds. The fourth-order valence-electron chi connectivity index (χ4n) is 3.94. The van der Waals surface area contributed by atoms with Gasteiger partial charge in [0, 0.05) is 36.7 Å². The highest BCUT2D eigenvalue weighted by Crippen LogP contribution is 2.37. The van der Waals surface area contributed by atoms with Gasteiger partial charge in [-0.05, 0) is 31.0 Å². The van der Waals surface area contributed by atoms with Crippen molar-refractivity contribution in [1.82, 2.24) is 25.6 Å². The van der Waals surface area contributed by atoms with Crippen LogP contribution >= 0.6 is 0 Å². The van der Waals surface area contributed by atoms with Gasteiger partial charge in [-0.2, -0.15) is 9.97 Å². The number of piperidine rings is 1. The van der Waals surface area contributed by atoms with Crippen molar-refractivity contribution in [2.24, 2.45) is 0 Å². The smallest absolute Gasteiger partial charge is 0.354 e. The number of aromatic nitrogens is 4. The zero-order valence-corrected chi connectivity index (χ0v) is 21.7. The van der Waals surface area contributed by atoms with E-state index in [1.165, 1.54) is 12.1 Å². The van der Waals surface area contributed by atoms with Crippen LogP contribution in [0.25, 0.3) is 5.70 Å². The molecule has 0 unspecified atom stereocenters. The van der Waals surface area contributed by atoms with E-state index < -0.39 is 32.1 Å². The average molecular weight is 548 g/mol. The molecule has 38 heavy (non-hydrogen) atoms. The summed E-state index contributed by atoms with van der Waals surface area (Å²) < 4.78 is 43.2. The van der Waals surface area contributed by atoms with E-state index in [-0.39, 0.29) is 33.8 Å². The molecule has 0 saturated carbocycles. The molecule has 2 aromatic heterocycles. The maximum atomic E-state index is 14.5. The van der Waals surface area contributed by atoms with Crippen molar-refractivity contribution in [1.29, 1.82) is 0 Å². The minimum atomic E-state index is -3.61. The van der Waals surface area contributed by atoms with E-state index in [1.54, 1.807) is 4.90 Å². The fourth-order valence-corrected chi connectivity index (χ4v) is 4.57. The van der Waals surface area contributed by atoms with Gasteiger partial charge in [0.2, 0.25) is 11.7 Å². The number of anilines is 1. The van der Waals surface area contributed by atoms with E-state index in [9.17, 15) is 22.9 Å². The van der Waals surface area contributed by atoms with Crippen molar-refractivity contribution in [3.8, 4) is 5.88 Å². The van der Waals surface area contributed by atoms with Crippen molar-refractivity contribution in [3.05, 3.63) is 64.3 Å². The Kier molecular flexibility index (Phi) is 7.57. The molecule has 0 spiro atoms. The van der Waals surface area contributed by atoms with E-state index in [4.69, 9.17) is 9.36 Å². The van der Waals surface area contributed by atoms with Gasteiger partial charge >= 0.3 is 11.6 Å². The summed E-state index contributed by atoms with van der Waals surface area (Å²) in [6.45, 7) is 8.49. The zero-order chi connectivity index (χ0) is 27.6. The Morgan fingerprint density at radius 1 is 1.32 bits per heavy atom. The van der Waals surface area contributed by atoms with E-state index in [0.717, 1.165) is 18.6 Å². The lowest BCUT2D eigenvalue weighted by Crippen LogP contribution is -2.34. The maximum absolute atomic E-state index is 14.5. The number of nitrogens with one attached hydrogen (secondary N) is 1. The molecule has 1 saturated heterocycles. The summed E-state index contributed by atoms with van der Waals surface area (Å²) in [5, 5.41) is 16.0. The van der Waals surface area contributed by atoms with Crippen molar-refractivity contribution in [2.45, 2.75) is 43.4 Å². The Hall–Kier alpha value is -4.14. The van der Waals surface area contributed by atoms with E-state index in [1.807, 2.05) is 13.8 Å². The first-order chi connectivity index (χ1) is 18.0. The second-order valence-electron chi connectivity index (χ2n) is 9.11. The number of nitrogens with zero attached hydrogens (tertiary/aromatic N) is 6. The third kappa shape index (κ3) is 5.72. The molecule has 1 aromatic carbocycles. The van der Waals surface area contributed by atoms with Crippen molar-refractivity contribution in [3.63, 3.8) is 0 Å². The topological polar surface area (TPSA) is 166 Å². The molecule has 3 aromatic rings. The normalized spacial score (nSPS) is 14.5. The number of rotatable bonds is 9. The van der Waals surface area contributed by atoms with Crippen LogP contribution in [0, 0.1) is 15.9 Å². The number of hydrogen-bond acceptors (Lipinski definition) is 12. The number of hydroxylamine groups is 1. The van der Waals surface area contributed by atoms with Gasteiger partial charge in [0.1, 0.15) is 12.1 Å². The Morgan fingerprint density at radius 3 is 2.61 bits per heavy atom. The average Bonchev–Trinajstić information content (AvgIpc) is 3.37. The number of halogens is 1. The second kappa shape index (κ2) is 10.7. The van der Waals surface area contributed by atoms with Crippen molar-refractivity contribution in [2.75, 3.05) is 24.2 Å². The lowest BCUT2D eigenvalue weighted by atomic mass is 9.96. The lowest BCUT2D eigenvalue weighted by Gasteiger charge is -2.30. The van der Waals surface area contributed by atoms with E-state index >= 15 is 0 Å². The van der Waals surface area contributed by atoms with Crippen LogP contribution in [0.4, 0.5) is 15.9 Å². The Balaban J connectivity index is 1.47. The van der Waals surface area contributed by atoms with Gasteiger partial charge in [0.25, 0.3) is 0 Å². The van der Waals surface area contributed by atoms with Crippen LogP contribution in [0.15, 0.2) is 40.5 Å². The molecular formula is C23H26FN7O6S. The molecule has 13 nitrogen and oxygen atoms in total. The molecule has 202 valence electrons. The standard InChI is InChI=1S/C23H26FN7O6S/c1-13(2)20-27-22(36-29-20)15-7-9-30(10-8-15)21-19(31(32)33)23(26-12-25-21)37-28-14(3)17-6-5-16(11-18(17)24)38(4,34)35/h5-6,11-13,15,28H,3,7-10H2,1-2,4H3. The van der Waals surface area contributed by atoms with Crippen LogP contribution in [0.3, 0.4) is 0 Å². The fraction of sp³-hybridized carbons (Fsp3) is 0.391. The molecule has 1 aliphatic rings. The Labute approximate surface area is 217 Å². The summed E-state index contributed by atoms with van der Waals surface area (Å²) >= 11 is 0. The summed E-state index contributed by atoms with van der Waals surface area (Å²) in [7, 11) is -3.61. The van der Waals surface area contributed by atoms with Crippen LogP contribution < -0.4 is 15.2 Å². The van der Waals surface area contributed by atoms with Gasteiger partial charge < -0.3 is 14.3 Å². The summed E-state index contributed by atoms with van der Waals surface area (Å²) in [4.78, 5) is 30.6. The lowest BCUT2D eigenvalue weighted by molar-refractivity contribution is -0.385. The van der Waals surface area contributed by atoms with Crippen LogP contribution in [-0.2, 0) is 9.84 Å². The van der Waals surface area contributed by atoms with Crippen molar-refractivity contribution >= 4 is 27.0 Å². The highest BCUT2D eigenvalue weighted by Gasteiger charge is 2.33. The molecule has 0 atom stereocenters. The number of benzene rings is 1. The van der Waals surface area contributed by atoms with Crippen LogP contribution in [0.2, 0.25) is 0 Å². The SMILES string of the molecule is C=C(NOc1ncnc(N2CCC(c3nc(C(C)C)no3)CC2)c1[N+](=O)[O-])c1ccc(S(C)(=O)=O)cc1F. The molecule has 0 bridgehead atoms. The molecule has 0 aliphatic carbocycles. The molecule has 1 fully saturated rings. The maximum Gasteiger partial charge on any atom is 0.375 e. The van der Waals surface area contributed by atoms with Gasteiger partial charge in [-0.15, -0.1) is 0 Å². The molecule has 4 rings (SSSR count). The summed E-state index contributed by atoms with van der Waals surface area (Å²) in [6.07, 6.45) is 3.33. The van der Waals surface area contributed by atoms with Gasteiger partial charge in [-0.1, -0.05) is 25.6 Å². The van der Waals surface area contributed by atoms with E-state index in [0.29, 0.717) is 37.6 Å². The first-order valence-electron chi connectivity index (χ1n) is 11.6. The predicted molar refractivity (Wildman–Crippen MR) is 134 cm³/mol. The van der Waals surface area contributed by atoms with Gasteiger partial charge in [-0.3, -0.25) is 10.1 Å². The minimum Gasteiger partial charge on any atom is -0.354 e. The van der Waals surface area contributed by atoms with Crippen LogP contribution in [-0.4, -0.2) is 52.8 Å². The third-order valence-electron chi connectivity index (χ3n) is 6.03. The van der Waals surface area contributed by atoms with Crippen LogP contribution in [0.1, 0.15) is 55.8 Å². The Morgan fingerprint density at radius 2 is 2.03 bits per heavy atom. The van der Waals surface area contributed by atoms with Crippen molar-refractivity contribution < 1.29 is 27.1 Å². The number of nitro groups is 1. The summed E-state index contributed by atoms with van der Waals surface area (Å²) in [5.41, 5.74) is 1.70. The van der Waals surface area contributed by atoms with Gasteiger partial charge in [-0.25, -0.2) is 23.3 Å². The molecule has 1 N–H and O–H groups in total. The van der Waals surface area contributed by atoms with Gasteiger partial charge in [0.05, 0.1) is 15.5 Å². The van der Waals surface area contributed by atoms with E-state index in [2.05, 4.69) is 32.2 Å². The molecule has 0 radical (unpaired) electrons. The highest BCUT2D eigenvalue weighted by atomic mass is 32.2. The van der Waals surface area contributed by atoms with Gasteiger partial charge in [0.15, 0.2) is 15.7 Å². The molecule has 3 heterocycles. The zero-order valence-electron chi connectivity index (χ0n) is 20.9. The highest BCUT2D eigenvalue weighted by molar-refractivity contribution is 7.90. The first kappa shape index (κ1) is 26.9. The third-order valence-corrected chi connectivity index (χ3v) is 7.14. The minimum absolute atomic E-state index is 0.0248. The molecular weight excluding hydrogens is 521 g/mol. The monoisotopic (exact) mass is 547 g/mol. The predicted octanol–water partition coefficient (Wildman–Crippen LogP) is 3.37. The quantitative estimate of drug-likeness (QED) is 0.307. The second-order valence-corrected chi connectivity index (χ2v) is 11.1.